The maximum Gasteiger partial charge on any atom is 0.107 e. The molecule has 0 unspecified atom stereocenters. The second-order valence-corrected chi connectivity index (χ2v) is 3.01. The summed E-state index contributed by atoms with van der Waals surface area (Å²) in [4.78, 5) is 0. The van der Waals surface area contributed by atoms with E-state index in [1.807, 2.05) is 19.1 Å². The summed E-state index contributed by atoms with van der Waals surface area (Å²) in [6, 6.07) is 5.49. The molecule has 12 heavy (non-hydrogen) atoms. The van der Waals surface area contributed by atoms with Crippen molar-refractivity contribution in [2.75, 3.05) is 18.5 Å². The summed E-state index contributed by atoms with van der Waals surface area (Å²) in [6.45, 7) is 1.93. The lowest BCUT2D eigenvalue weighted by molar-refractivity contribution is 0.512. The van der Waals surface area contributed by atoms with E-state index in [0.29, 0.717) is 11.6 Å². The van der Waals surface area contributed by atoms with Crippen molar-refractivity contribution >= 4 is 17.3 Å². The van der Waals surface area contributed by atoms with Gasteiger partial charge in [0.25, 0.3) is 0 Å². The molecule has 0 radical (unpaired) electrons. The molecule has 0 atom stereocenters. The molecule has 0 aliphatic rings. The van der Waals surface area contributed by atoms with E-state index in [0.717, 1.165) is 11.3 Å². The highest BCUT2D eigenvalue weighted by Gasteiger charge is 1.96. The molecule has 0 fully saturated rings. The molecule has 1 aromatic rings. The number of alkyl halides is 1. The minimum absolute atomic E-state index is 0.350. The molecule has 0 heterocycles. The summed E-state index contributed by atoms with van der Waals surface area (Å²) in [7, 11) is 0. The second-order valence-electron chi connectivity index (χ2n) is 2.58. The van der Waals surface area contributed by atoms with Gasteiger partial charge in [0.05, 0.1) is 0 Å². The normalized spacial score (nSPS) is 9.92. The predicted octanol–water partition coefficient (Wildman–Crippen LogP) is 3.03. The van der Waals surface area contributed by atoms with Crippen LogP contribution >= 0.6 is 11.6 Å². The first-order valence-corrected chi connectivity index (χ1v) is 4.18. The second kappa shape index (κ2) is 4.31. The molecule has 0 aliphatic heterocycles. The molecule has 0 saturated carbocycles. The van der Waals surface area contributed by atoms with Gasteiger partial charge in [0.15, 0.2) is 0 Å². The summed E-state index contributed by atoms with van der Waals surface area (Å²) >= 11 is 5.75. The maximum absolute atomic E-state index is 11.8. The lowest BCUT2D eigenvalue weighted by Gasteiger charge is -2.07. The Morgan fingerprint density at radius 2 is 2.25 bits per heavy atom. The standard InChI is InChI=1S/C9H11ClFN/c1-7-6-8(10)2-3-9(7)12-5-4-11/h2-3,6,12H,4-5H2,1H3. The van der Waals surface area contributed by atoms with E-state index in [1.165, 1.54) is 0 Å². The van der Waals surface area contributed by atoms with Crippen LogP contribution in [0.1, 0.15) is 5.56 Å². The molecule has 0 saturated heterocycles. The summed E-state index contributed by atoms with van der Waals surface area (Å²) in [5.74, 6) is 0. The van der Waals surface area contributed by atoms with E-state index >= 15 is 0 Å². The van der Waals surface area contributed by atoms with E-state index in [4.69, 9.17) is 11.6 Å². The molecule has 3 heteroatoms. The Morgan fingerprint density at radius 1 is 1.50 bits per heavy atom. The zero-order valence-corrected chi connectivity index (χ0v) is 7.66. The molecular weight excluding hydrogens is 177 g/mol. The van der Waals surface area contributed by atoms with E-state index in [2.05, 4.69) is 5.32 Å². The van der Waals surface area contributed by atoms with Crippen LogP contribution in [-0.2, 0) is 0 Å². The van der Waals surface area contributed by atoms with Crippen LogP contribution in [0.5, 0.6) is 0 Å². The maximum atomic E-state index is 11.8. The summed E-state index contributed by atoms with van der Waals surface area (Å²) in [5, 5.41) is 3.66. The smallest absolute Gasteiger partial charge is 0.107 e. The van der Waals surface area contributed by atoms with Crippen LogP contribution in [0.2, 0.25) is 5.02 Å². The first-order chi connectivity index (χ1) is 5.74. The van der Waals surface area contributed by atoms with Crippen molar-refractivity contribution in [3.05, 3.63) is 28.8 Å². The van der Waals surface area contributed by atoms with E-state index < -0.39 is 0 Å². The molecular formula is C9H11ClFN. The average molecular weight is 188 g/mol. The summed E-state index contributed by atoms with van der Waals surface area (Å²) in [5.41, 5.74) is 1.98. The van der Waals surface area contributed by atoms with Gasteiger partial charge in [0.2, 0.25) is 0 Å². The molecule has 0 aromatic heterocycles. The van der Waals surface area contributed by atoms with E-state index in [9.17, 15) is 4.39 Å². The van der Waals surface area contributed by atoms with Crippen LogP contribution in [0.4, 0.5) is 10.1 Å². The first kappa shape index (κ1) is 9.33. The molecule has 1 aromatic carbocycles. The number of nitrogens with one attached hydrogen (secondary N) is 1. The van der Waals surface area contributed by atoms with Gasteiger partial charge < -0.3 is 5.32 Å². The fraction of sp³-hybridized carbons (Fsp3) is 0.333. The highest BCUT2D eigenvalue weighted by molar-refractivity contribution is 6.30. The Labute approximate surface area is 76.5 Å². The van der Waals surface area contributed by atoms with E-state index in [1.54, 1.807) is 6.07 Å². The van der Waals surface area contributed by atoms with Gasteiger partial charge in [-0.1, -0.05) is 11.6 Å². The topological polar surface area (TPSA) is 12.0 Å². The van der Waals surface area contributed by atoms with Crippen molar-refractivity contribution < 1.29 is 4.39 Å². The molecule has 0 spiro atoms. The van der Waals surface area contributed by atoms with Gasteiger partial charge in [-0.15, -0.1) is 0 Å². The molecule has 1 N–H and O–H groups in total. The predicted molar refractivity (Wildman–Crippen MR) is 50.7 cm³/mol. The molecule has 0 bridgehead atoms. The van der Waals surface area contributed by atoms with Crippen LogP contribution in [0.25, 0.3) is 0 Å². The Bertz CT molecular complexity index is 263. The van der Waals surface area contributed by atoms with Crippen LogP contribution < -0.4 is 5.32 Å². The SMILES string of the molecule is Cc1cc(Cl)ccc1NCCF. The lowest BCUT2D eigenvalue weighted by atomic mass is 10.2. The van der Waals surface area contributed by atoms with Crippen LogP contribution in [-0.4, -0.2) is 13.2 Å². The van der Waals surface area contributed by atoms with Crippen molar-refractivity contribution in [2.24, 2.45) is 0 Å². The molecule has 0 aliphatic carbocycles. The van der Waals surface area contributed by atoms with Gasteiger partial charge >= 0.3 is 0 Å². The quantitative estimate of drug-likeness (QED) is 0.767. The van der Waals surface area contributed by atoms with Crippen molar-refractivity contribution in [3.63, 3.8) is 0 Å². The lowest BCUT2D eigenvalue weighted by Crippen LogP contribution is -2.03. The van der Waals surface area contributed by atoms with Gasteiger partial charge in [0, 0.05) is 17.3 Å². The molecule has 66 valence electrons. The van der Waals surface area contributed by atoms with Gasteiger partial charge in [-0.25, -0.2) is 4.39 Å². The third-order valence-corrected chi connectivity index (χ3v) is 1.83. The summed E-state index contributed by atoms with van der Waals surface area (Å²) in [6.07, 6.45) is 0. The minimum atomic E-state index is -0.359. The fourth-order valence-corrected chi connectivity index (χ4v) is 1.23. The number of anilines is 1. The third kappa shape index (κ3) is 2.38. The molecule has 1 nitrogen and oxygen atoms in total. The zero-order chi connectivity index (χ0) is 8.97. The Hall–Kier alpha value is -0.760. The Morgan fingerprint density at radius 3 is 2.83 bits per heavy atom. The molecule has 0 amide bonds. The van der Waals surface area contributed by atoms with Gasteiger partial charge in [0.1, 0.15) is 6.67 Å². The number of benzene rings is 1. The fourth-order valence-electron chi connectivity index (χ4n) is 1.01. The van der Waals surface area contributed by atoms with Gasteiger partial charge in [-0.3, -0.25) is 0 Å². The van der Waals surface area contributed by atoms with Crippen LogP contribution in [0.15, 0.2) is 18.2 Å². The van der Waals surface area contributed by atoms with Crippen molar-refractivity contribution in [1.29, 1.82) is 0 Å². The van der Waals surface area contributed by atoms with E-state index in [-0.39, 0.29) is 6.67 Å². The minimum Gasteiger partial charge on any atom is -0.382 e. The number of hydrogen-bond donors (Lipinski definition) is 1. The number of rotatable bonds is 3. The Balaban J connectivity index is 2.72. The zero-order valence-electron chi connectivity index (χ0n) is 6.90. The number of aryl methyl sites for hydroxylation is 1. The monoisotopic (exact) mass is 187 g/mol. The van der Waals surface area contributed by atoms with Gasteiger partial charge in [-0.05, 0) is 30.7 Å². The third-order valence-electron chi connectivity index (χ3n) is 1.60. The first-order valence-electron chi connectivity index (χ1n) is 3.80. The molecule has 1 rings (SSSR count). The Kier molecular flexibility index (Phi) is 3.35. The highest BCUT2D eigenvalue weighted by Crippen LogP contribution is 2.18. The van der Waals surface area contributed by atoms with Crippen molar-refractivity contribution in [3.8, 4) is 0 Å². The van der Waals surface area contributed by atoms with Crippen LogP contribution in [0, 0.1) is 6.92 Å². The van der Waals surface area contributed by atoms with Crippen LogP contribution in [0.3, 0.4) is 0 Å². The van der Waals surface area contributed by atoms with Crippen molar-refractivity contribution in [2.45, 2.75) is 6.92 Å². The highest BCUT2D eigenvalue weighted by atomic mass is 35.5. The van der Waals surface area contributed by atoms with Crippen molar-refractivity contribution in [1.82, 2.24) is 0 Å². The summed E-state index contributed by atoms with van der Waals surface area (Å²) < 4.78 is 11.8. The average Bonchev–Trinajstić information content (AvgIpc) is 2.03. The number of hydrogen-bond acceptors (Lipinski definition) is 1. The van der Waals surface area contributed by atoms with Gasteiger partial charge in [-0.2, -0.15) is 0 Å². The number of halogens is 2. The largest absolute Gasteiger partial charge is 0.382 e.